The highest BCUT2D eigenvalue weighted by Crippen LogP contribution is 2.11. The summed E-state index contributed by atoms with van der Waals surface area (Å²) in [5, 5.41) is 2.68. The quantitative estimate of drug-likeness (QED) is 0.262. The molecule has 1 unspecified atom stereocenters. The average Bonchev–Trinajstić information content (AvgIpc) is 2.86. The Morgan fingerprint density at radius 2 is 1.43 bits per heavy atom. The molecule has 1 atom stereocenters. The summed E-state index contributed by atoms with van der Waals surface area (Å²) in [5.41, 5.74) is 1.63. The molecule has 1 N–H and O–H groups in total. The van der Waals surface area contributed by atoms with E-state index in [2.05, 4.69) is 17.4 Å². The van der Waals surface area contributed by atoms with E-state index in [0.29, 0.717) is 19.5 Å². The van der Waals surface area contributed by atoms with Crippen molar-refractivity contribution in [1.29, 1.82) is 0 Å². The van der Waals surface area contributed by atoms with Crippen LogP contribution >= 0.6 is 0 Å². The van der Waals surface area contributed by atoms with Gasteiger partial charge in [0.2, 0.25) is 5.91 Å². The summed E-state index contributed by atoms with van der Waals surface area (Å²) >= 11 is 0. The number of carbonyl (C=O) groups is 3. The standard InChI is InChI=1S/C30H42N2O5/c1-24(28(34)37-30(2,3)4)31-27(33)20-14-22-32(29(35)36-23-26-18-10-6-11-19-26)21-13-7-12-17-25-15-8-5-9-16-25/h5-6,8-11,15-16,18-19,24H,7,12-14,17,20-23H2,1-4H3,(H,31,33). The number of amides is 2. The number of nitrogens with one attached hydrogen (secondary N) is 1. The highest BCUT2D eigenvalue weighted by Gasteiger charge is 2.23. The number of aryl methyl sites for hydroxylation is 1. The Bertz CT molecular complexity index is 957. The minimum absolute atomic E-state index is 0.198. The largest absolute Gasteiger partial charge is 0.458 e. The van der Waals surface area contributed by atoms with E-state index in [9.17, 15) is 14.4 Å². The van der Waals surface area contributed by atoms with Crippen molar-refractivity contribution in [3.63, 3.8) is 0 Å². The Balaban J connectivity index is 1.80. The lowest BCUT2D eigenvalue weighted by molar-refractivity contribution is -0.158. The summed E-state index contributed by atoms with van der Waals surface area (Å²) in [5.74, 6) is -0.721. The lowest BCUT2D eigenvalue weighted by atomic mass is 10.1. The third-order valence-corrected chi connectivity index (χ3v) is 5.67. The lowest BCUT2D eigenvalue weighted by Gasteiger charge is -2.23. The van der Waals surface area contributed by atoms with E-state index >= 15 is 0 Å². The molecule has 0 heterocycles. The van der Waals surface area contributed by atoms with Gasteiger partial charge in [0.1, 0.15) is 18.2 Å². The van der Waals surface area contributed by atoms with Crippen LogP contribution in [-0.4, -0.2) is 47.6 Å². The van der Waals surface area contributed by atoms with Crippen LogP contribution in [0.25, 0.3) is 0 Å². The number of esters is 1. The summed E-state index contributed by atoms with van der Waals surface area (Å²) in [7, 11) is 0. The number of ether oxygens (including phenoxy) is 2. The third kappa shape index (κ3) is 13.0. The van der Waals surface area contributed by atoms with Crippen LogP contribution in [0.15, 0.2) is 60.7 Å². The van der Waals surface area contributed by atoms with Crippen LogP contribution in [-0.2, 0) is 32.1 Å². The minimum Gasteiger partial charge on any atom is -0.458 e. The highest BCUT2D eigenvalue weighted by atomic mass is 16.6. The lowest BCUT2D eigenvalue weighted by Crippen LogP contribution is -2.42. The maximum absolute atomic E-state index is 12.8. The molecule has 0 radical (unpaired) electrons. The van der Waals surface area contributed by atoms with Crippen LogP contribution in [0, 0.1) is 0 Å². The van der Waals surface area contributed by atoms with E-state index in [1.54, 1.807) is 32.6 Å². The molecule has 2 aromatic rings. The molecule has 7 nitrogen and oxygen atoms in total. The van der Waals surface area contributed by atoms with Crippen LogP contribution in [0.3, 0.4) is 0 Å². The molecule has 7 heteroatoms. The Morgan fingerprint density at radius 1 is 0.838 bits per heavy atom. The van der Waals surface area contributed by atoms with E-state index < -0.39 is 17.6 Å². The van der Waals surface area contributed by atoms with E-state index in [-0.39, 0.29) is 25.0 Å². The van der Waals surface area contributed by atoms with Crippen molar-refractivity contribution < 1.29 is 23.9 Å². The maximum Gasteiger partial charge on any atom is 0.410 e. The smallest absolute Gasteiger partial charge is 0.410 e. The first-order valence-corrected chi connectivity index (χ1v) is 13.2. The van der Waals surface area contributed by atoms with Crippen molar-refractivity contribution in [2.75, 3.05) is 13.1 Å². The number of carbonyl (C=O) groups excluding carboxylic acids is 3. The molecule has 2 amide bonds. The number of rotatable bonds is 14. The molecule has 2 rings (SSSR count). The number of benzene rings is 2. The fourth-order valence-corrected chi connectivity index (χ4v) is 3.75. The fraction of sp³-hybridized carbons (Fsp3) is 0.500. The van der Waals surface area contributed by atoms with Gasteiger partial charge in [0.25, 0.3) is 0 Å². The van der Waals surface area contributed by atoms with Gasteiger partial charge in [-0.15, -0.1) is 0 Å². The van der Waals surface area contributed by atoms with E-state index in [1.165, 1.54) is 5.56 Å². The highest BCUT2D eigenvalue weighted by molar-refractivity contribution is 5.84. The predicted octanol–water partition coefficient (Wildman–Crippen LogP) is 5.66. The predicted molar refractivity (Wildman–Crippen MR) is 145 cm³/mol. The van der Waals surface area contributed by atoms with Gasteiger partial charge in [-0.05, 0) is 64.5 Å². The second kappa shape index (κ2) is 15.7. The second-order valence-corrected chi connectivity index (χ2v) is 10.2. The minimum atomic E-state index is -0.733. The van der Waals surface area contributed by atoms with Gasteiger partial charge in [-0.2, -0.15) is 0 Å². The summed E-state index contributed by atoms with van der Waals surface area (Å²) in [6.45, 7) is 8.14. The van der Waals surface area contributed by atoms with Crippen molar-refractivity contribution in [1.82, 2.24) is 10.2 Å². The first-order chi connectivity index (χ1) is 17.6. The van der Waals surface area contributed by atoms with Gasteiger partial charge in [0, 0.05) is 19.5 Å². The van der Waals surface area contributed by atoms with Crippen LogP contribution in [0.4, 0.5) is 4.79 Å². The average molecular weight is 511 g/mol. The molecular formula is C30H42N2O5. The molecule has 202 valence electrons. The molecule has 0 saturated carbocycles. The number of hydrogen-bond donors (Lipinski definition) is 1. The molecule has 0 spiro atoms. The molecule has 2 aromatic carbocycles. The topological polar surface area (TPSA) is 84.9 Å². The zero-order valence-corrected chi connectivity index (χ0v) is 22.7. The molecule has 0 fully saturated rings. The molecular weight excluding hydrogens is 468 g/mol. The first kappa shape index (κ1) is 29.9. The van der Waals surface area contributed by atoms with Crippen molar-refractivity contribution in [2.45, 2.75) is 84.5 Å². The van der Waals surface area contributed by atoms with Gasteiger partial charge in [-0.25, -0.2) is 9.59 Å². The van der Waals surface area contributed by atoms with Crippen molar-refractivity contribution in [3.05, 3.63) is 71.8 Å². The molecule has 0 aliphatic rings. The molecule has 0 saturated heterocycles. The summed E-state index contributed by atoms with van der Waals surface area (Å²) < 4.78 is 10.8. The number of unbranched alkanes of at least 4 members (excludes halogenated alkanes) is 2. The fourth-order valence-electron chi connectivity index (χ4n) is 3.75. The van der Waals surface area contributed by atoms with E-state index in [0.717, 1.165) is 31.2 Å². The van der Waals surface area contributed by atoms with Crippen molar-refractivity contribution >= 4 is 18.0 Å². The van der Waals surface area contributed by atoms with Crippen LogP contribution in [0.5, 0.6) is 0 Å². The van der Waals surface area contributed by atoms with Crippen molar-refractivity contribution in [3.8, 4) is 0 Å². The van der Waals surface area contributed by atoms with Gasteiger partial charge in [0.15, 0.2) is 0 Å². The van der Waals surface area contributed by atoms with Crippen LogP contribution < -0.4 is 5.32 Å². The third-order valence-electron chi connectivity index (χ3n) is 5.67. The normalized spacial score (nSPS) is 11.9. The zero-order valence-electron chi connectivity index (χ0n) is 22.7. The second-order valence-electron chi connectivity index (χ2n) is 10.2. The van der Waals surface area contributed by atoms with Gasteiger partial charge in [0.05, 0.1) is 0 Å². The summed E-state index contributed by atoms with van der Waals surface area (Å²) in [6, 6.07) is 19.2. The van der Waals surface area contributed by atoms with Crippen LogP contribution in [0.2, 0.25) is 0 Å². The SMILES string of the molecule is CC(NC(=O)CCCN(CCCCCc1ccccc1)C(=O)OCc1ccccc1)C(=O)OC(C)(C)C. The number of nitrogens with zero attached hydrogens (tertiary/aromatic N) is 1. The summed E-state index contributed by atoms with van der Waals surface area (Å²) in [4.78, 5) is 39.0. The van der Waals surface area contributed by atoms with Gasteiger partial charge in [-0.3, -0.25) is 4.79 Å². The Labute approximate surface area is 221 Å². The Kier molecular flexibility index (Phi) is 12.7. The van der Waals surface area contributed by atoms with Gasteiger partial charge in [-0.1, -0.05) is 67.1 Å². The van der Waals surface area contributed by atoms with Crippen LogP contribution in [0.1, 0.15) is 70.9 Å². The molecule has 37 heavy (non-hydrogen) atoms. The molecule has 0 aliphatic heterocycles. The molecule has 0 aliphatic carbocycles. The maximum atomic E-state index is 12.8. The Hall–Kier alpha value is -3.35. The van der Waals surface area contributed by atoms with Gasteiger partial charge < -0.3 is 19.7 Å². The van der Waals surface area contributed by atoms with E-state index in [4.69, 9.17) is 9.47 Å². The molecule has 0 bridgehead atoms. The Morgan fingerprint density at radius 3 is 2.05 bits per heavy atom. The first-order valence-electron chi connectivity index (χ1n) is 13.2. The number of hydrogen-bond acceptors (Lipinski definition) is 5. The zero-order chi connectivity index (χ0) is 27.1. The van der Waals surface area contributed by atoms with Gasteiger partial charge >= 0.3 is 12.1 Å². The monoisotopic (exact) mass is 510 g/mol. The summed E-state index contributed by atoms with van der Waals surface area (Å²) in [6.07, 6.45) is 4.19. The molecule has 0 aromatic heterocycles. The van der Waals surface area contributed by atoms with E-state index in [1.807, 2.05) is 48.5 Å². The van der Waals surface area contributed by atoms with Crippen molar-refractivity contribution in [2.24, 2.45) is 0 Å².